The fraction of sp³-hybridized carbons (Fsp3) is 0.714. The molecule has 68 valence electrons. The van der Waals surface area contributed by atoms with E-state index in [4.69, 9.17) is 9.84 Å². The fourth-order valence-electron chi connectivity index (χ4n) is 0.871. The lowest BCUT2D eigenvalue weighted by molar-refractivity contribution is -0.166. The van der Waals surface area contributed by atoms with Crippen molar-refractivity contribution >= 4 is 11.9 Å². The monoisotopic (exact) mass is 173 g/mol. The zero-order chi connectivity index (χ0) is 9.19. The Kier molecular flexibility index (Phi) is 2.32. The highest BCUT2D eigenvalue weighted by Gasteiger charge is 2.54. The average molecular weight is 173 g/mol. The first-order valence-electron chi connectivity index (χ1n) is 3.70. The average Bonchev–Trinajstić information content (AvgIpc) is 2.69. The highest BCUT2D eigenvalue weighted by Crippen LogP contribution is 2.39. The van der Waals surface area contributed by atoms with E-state index < -0.39 is 17.5 Å². The number of carboxylic acid groups (broad SMARTS) is 1. The maximum atomic E-state index is 10.9. The van der Waals surface area contributed by atoms with Crippen LogP contribution in [0.5, 0.6) is 0 Å². The topological polar surface area (TPSA) is 75.6 Å². The molecule has 0 unspecified atom stereocenters. The van der Waals surface area contributed by atoms with Crippen molar-refractivity contribution in [3.05, 3.63) is 0 Å². The maximum Gasteiger partial charge on any atom is 0.348 e. The van der Waals surface area contributed by atoms with E-state index in [-0.39, 0.29) is 6.54 Å². The number of nitrogens with one attached hydrogen (secondary N) is 1. The Bertz CT molecular complexity index is 209. The van der Waals surface area contributed by atoms with E-state index in [1.807, 2.05) is 0 Å². The van der Waals surface area contributed by atoms with E-state index in [1.54, 1.807) is 7.05 Å². The number of carbonyl (C=O) groups excluding carboxylic acids is 1. The van der Waals surface area contributed by atoms with Gasteiger partial charge in [-0.3, -0.25) is 4.79 Å². The van der Waals surface area contributed by atoms with Crippen LogP contribution in [-0.2, 0) is 14.3 Å². The van der Waals surface area contributed by atoms with Crippen molar-refractivity contribution in [3.63, 3.8) is 0 Å². The zero-order valence-corrected chi connectivity index (χ0v) is 6.79. The van der Waals surface area contributed by atoms with E-state index in [1.165, 1.54) is 0 Å². The Labute approximate surface area is 69.7 Å². The summed E-state index contributed by atoms with van der Waals surface area (Å²) < 4.78 is 4.75. The molecule has 0 bridgehead atoms. The first-order chi connectivity index (χ1) is 5.60. The second kappa shape index (κ2) is 3.10. The number of hydrogen-bond acceptors (Lipinski definition) is 4. The predicted octanol–water partition coefficient (Wildman–Crippen LogP) is -0.634. The lowest BCUT2D eigenvalue weighted by Crippen LogP contribution is -2.32. The van der Waals surface area contributed by atoms with Crippen molar-refractivity contribution in [3.8, 4) is 0 Å². The largest absolute Gasteiger partial charge is 0.478 e. The second-order valence-corrected chi connectivity index (χ2v) is 2.80. The standard InChI is InChI=1S/C7H11NO4/c1-8-4-5(9)12-7(2-3-7)6(10)11/h8H,2-4H2,1H3,(H,10,11). The summed E-state index contributed by atoms with van der Waals surface area (Å²) in [4.78, 5) is 21.4. The Morgan fingerprint density at radius 2 is 2.17 bits per heavy atom. The van der Waals surface area contributed by atoms with Gasteiger partial charge in [-0.1, -0.05) is 0 Å². The van der Waals surface area contributed by atoms with E-state index in [9.17, 15) is 9.59 Å². The smallest absolute Gasteiger partial charge is 0.348 e. The van der Waals surface area contributed by atoms with Crippen molar-refractivity contribution in [2.45, 2.75) is 18.4 Å². The van der Waals surface area contributed by atoms with Gasteiger partial charge >= 0.3 is 11.9 Å². The molecule has 0 aliphatic heterocycles. The number of ether oxygens (including phenoxy) is 1. The highest BCUT2D eigenvalue weighted by atomic mass is 16.6. The summed E-state index contributed by atoms with van der Waals surface area (Å²) in [6.45, 7) is 0.0506. The quantitative estimate of drug-likeness (QED) is 0.553. The van der Waals surface area contributed by atoms with Crippen LogP contribution >= 0.6 is 0 Å². The van der Waals surface area contributed by atoms with Crippen LogP contribution in [0, 0.1) is 0 Å². The minimum atomic E-state index is -1.20. The van der Waals surface area contributed by atoms with Gasteiger partial charge in [-0.25, -0.2) is 4.79 Å². The van der Waals surface area contributed by atoms with Crippen molar-refractivity contribution in [1.29, 1.82) is 0 Å². The molecule has 5 nitrogen and oxygen atoms in total. The summed E-state index contributed by atoms with van der Waals surface area (Å²) in [5.74, 6) is -1.57. The van der Waals surface area contributed by atoms with E-state index in [0.29, 0.717) is 12.8 Å². The first kappa shape index (κ1) is 8.99. The van der Waals surface area contributed by atoms with Gasteiger partial charge in [-0.05, 0) is 7.05 Å². The molecule has 0 radical (unpaired) electrons. The van der Waals surface area contributed by atoms with Gasteiger partial charge in [0.05, 0.1) is 6.54 Å². The molecule has 1 aliphatic carbocycles. The van der Waals surface area contributed by atoms with Crippen LogP contribution in [0.3, 0.4) is 0 Å². The van der Waals surface area contributed by atoms with Crippen molar-refractivity contribution in [1.82, 2.24) is 5.32 Å². The van der Waals surface area contributed by atoms with Gasteiger partial charge < -0.3 is 15.2 Å². The maximum absolute atomic E-state index is 10.9. The van der Waals surface area contributed by atoms with Gasteiger partial charge in [-0.15, -0.1) is 0 Å². The zero-order valence-electron chi connectivity index (χ0n) is 6.79. The van der Waals surface area contributed by atoms with Crippen molar-refractivity contribution < 1.29 is 19.4 Å². The molecule has 1 fully saturated rings. The second-order valence-electron chi connectivity index (χ2n) is 2.80. The van der Waals surface area contributed by atoms with E-state index in [0.717, 1.165) is 0 Å². The van der Waals surface area contributed by atoms with E-state index in [2.05, 4.69) is 5.32 Å². The molecule has 0 aromatic heterocycles. The van der Waals surface area contributed by atoms with E-state index >= 15 is 0 Å². The molecule has 0 saturated heterocycles. The summed E-state index contributed by atoms with van der Waals surface area (Å²) >= 11 is 0. The lowest BCUT2D eigenvalue weighted by Gasteiger charge is -2.10. The molecule has 2 N–H and O–H groups in total. The Morgan fingerprint density at radius 3 is 2.50 bits per heavy atom. The molecule has 0 aromatic rings. The number of carboxylic acids is 1. The molecule has 12 heavy (non-hydrogen) atoms. The van der Waals surface area contributed by atoms with Crippen molar-refractivity contribution in [2.75, 3.05) is 13.6 Å². The molecular formula is C7H11NO4. The molecule has 0 heterocycles. The fourth-order valence-corrected chi connectivity index (χ4v) is 0.871. The van der Waals surface area contributed by atoms with Crippen LogP contribution in [0.2, 0.25) is 0 Å². The third-order valence-corrected chi connectivity index (χ3v) is 1.72. The third-order valence-electron chi connectivity index (χ3n) is 1.72. The SMILES string of the molecule is CNCC(=O)OC1(C(=O)O)CC1. The number of likely N-dealkylation sites (N-methyl/N-ethyl adjacent to an activating group) is 1. The number of rotatable bonds is 4. The molecule has 0 amide bonds. The van der Waals surface area contributed by atoms with Gasteiger partial charge in [0, 0.05) is 12.8 Å². The van der Waals surface area contributed by atoms with Gasteiger partial charge in [-0.2, -0.15) is 0 Å². The number of aliphatic carboxylic acids is 1. The lowest BCUT2D eigenvalue weighted by atomic mass is 10.3. The Hall–Kier alpha value is -1.10. The van der Waals surface area contributed by atoms with Gasteiger partial charge in [0.25, 0.3) is 0 Å². The molecule has 0 aromatic carbocycles. The van der Waals surface area contributed by atoms with Crippen LogP contribution in [0.25, 0.3) is 0 Å². The predicted molar refractivity (Wildman–Crippen MR) is 39.6 cm³/mol. The van der Waals surface area contributed by atoms with Crippen LogP contribution < -0.4 is 5.32 Å². The molecular weight excluding hydrogens is 162 g/mol. The summed E-state index contributed by atoms with van der Waals surface area (Å²) in [6.07, 6.45) is 0.857. The summed E-state index contributed by atoms with van der Waals surface area (Å²) in [5.41, 5.74) is -1.20. The van der Waals surface area contributed by atoms with Crippen molar-refractivity contribution in [2.24, 2.45) is 0 Å². The Morgan fingerprint density at radius 1 is 1.58 bits per heavy atom. The molecule has 0 spiro atoms. The number of hydrogen-bond donors (Lipinski definition) is 2. The molecule has 1 saturated carbocycles. The van der Waals surface area contributed by atoms with Crippen LogP contribution in [-0.4, -0.2) is 36.2 Å². The molecule has 1 rings (SSSR count). The van der Waals surface area contributed by atoms with Crippen LogP contribution in [0.4, 0.5) is 0 Å². The highest BCUT2D eigenvalue weighted by molar-refractivity contribution is 5.85. The normalized spacial score (nSPS) is 18.4. The van der Waals surface area contributed by atoms with Gasteiger partial charge in [0.2, 0.25) is 5.60 Å². The number of carbonyl (C=O) groups is 2. The molecule has 1 aliphatic rings. The van der Waals surface area contributed by atoms with Crippen LogP contribution in [0.15, 0.2) is 0 Å². The summed E-state index contributed by atoms with van der Waals surface area (Å²) in [5, 5.41) is 11.2. The van der Waals surface area contributed by atoms with Gasteiger partial charge in [0.1, 0.15) is 0 Å². The Balaban J connectivity index is 2.40. The third kappa shape index (κ3) is 1.73. The van der Waals surface area contributed by atoms with Gasteiger partial charge in [0.15, 0.2) is 0 Å². The molecule has 5 heteroatoms. The summed E-state index contributed by atoms with van der Waals surface area (Å²) in [7, 11) is 1.60. The summed E-state index contributed by atoms with van der Waals surface area (Å²) in [6, 6.07) is 0. The first-order valence-corrected chi connectivity index (χ1v) is 3.70. The molecule has 0 atom stereocenters. The van der Waals surface area contributed by atoms with Crippen LogP contribution in [0.1, 0.15) is 12.8 Å². The minimum Gasteiger partial charge on any atom is -0.478 e. The minimum absolute atomic E-state index is 0.0506. The number of esters is 1.